The largest absolute Gasteiger partial charge is 0.467 e. The molecule has 168 valence electrons. The van der Waals surface area contributed by atoms with Crippen molar-refractivity contribution < 1.29 is 33.4 Å². The molecule has 1 amide bonds. The van der Waals surface area contributed by atoms with E-state index in [1.807, 2.05) is 0 Å². The molecule has 0 aliphatic carbocycles. The number of fused-ring (bicyclic) bond motifs is 1. The lowest BCUT2D eigenvalue weighted by Crippen LogP contribution is -2.38. The molecular formula is C20H18F2N4O6. The van der Waals surface area contributed by atoms with Gasteiger partial charge in [-0.05, 0) is 18.2 Å². The molecule has 0 radical (unpaired) electrons. The van der Waals surface area contributed by atoms with Crippen molar-refractivity contribution in [1.82, 2.24) is 15.0 Å². The third-order valence-corrected chi connectivity index (χ3v) is 4.58. The fourth-order valence-electron chi connectivity index (χ4n) is 2.99. The summed E-state index contributed by atoms with van der Waals surface area (Å²) < 4.78 is 31.7. The maximum atomic E-state index is 13.9. The first-order valence-corrected chi connectivity index (χ1v) is 9.18. The highest BCUT2D eigenvalue weighted by atomic mass is 19.1. The highest BCUT2D eigenvalue weighted by molar-refractivity contribution is 6.07. The van der Waals surface area contributed by atoms with E-state index < -0.39 is 53.8 Å². The van der Waals surface area contributed by atoms with Crippen LogP contribution >= 0.6 is 0 Å². The quantitative estimate of drug-likeness (QED) is 0.307. The Bertz CT molecular complexity index is 1250. The predicted octanol–water partition coefficient (Wildman–Crippen LogP) is 0.788. The zero-order valence-corrected chi connectivity index (χ0v) is 16.6. The second kappa shape index (κ2) is 9.39. The number of nitrogens with zero attached hydrogens (tertiary/aromatic N) is 2. The van der Waals surface area contributed by atoms with Gasteiger partial charge in [-0.3, -0.25) is 9.59 Å². The van der Waals surface area contributed by atoms with Gasteiger partial charge in [0.15, 0.2) is 5.65 Å². The first-order valence-electron chi connectivity index (χ1n) is 9.18. The number of benzene rings is 1. The van der Waals surface area contributed by atoms with Crippen LogP contribution in [0.1, 0.15) is 15.9 Å². The number of amides is 1. The third kappa shape index (κ3) is 4.34. The Morgan fingerprint density at radius 1 is 1.28 bits per heavy atom. The third-order valence-electron chi connectivity index (χ3n) is 4.58. The molecule has 12 heteroatoms. The van der Waals surface area contributed by atoms with Gasteiger partial charge in [0, 0.05) is 29.8 Å². The zero-order chi connectivity index (χ0) is 23.4. The van der Waals surface area contributed by atoms with Crippen LogP contribution < -0.4 is 16.2 Å². The van der Waals surface area contributed by atoms with Crippen LogP contribution in [0.4, 0.5) is 14.5 Å². The summed E-state index contributed by atoms with van der Waals surface area (Å²) in [4.78, 5) is 41.4. The molecular weight excluding hydrogens is 430 g/mol. The highest BCUT2D eigenvalue weighted by Crippen LogP contribution is 2.25. The van der Waals surface area contributed by atoms with Crippen LogP contribution in [0.2, 0.25) is 0 Å². The number of aliphatic hydroxyl groups excluding tert-OH is 1. The number of anilines is 1. The second-order valence-electron chi connectivity index (χ2n) is 6.56. The van der Waals surface area contributed by atoms with E-state index in [-0.39, 0.29) is 27.0 Å². The van der Waals surface area contributed by atoms with E-state index in [1.165, 1.54) is 18.3 Å². The minimum Gasteiger partial charge on any atom is -0.467 e. The van der Waals surface area contributed by atoms with Crippen molar-refractivity contribution in [3.63, 3.8) is 0 Å². The molecule has 0 saturated carbocycles. The van der Waals surface area contributed by atoms with Crippen LogP contribution in [-0.2, 0) is 16.1 Å². The molecule has 2 aromatic heterocycles. The number of ether oxygens (including phenoxy) is 1. The van der Waals surface area contributed by atoms with Gasteiger partial charge in [0.1, 0.15) is 23.2 Å². The van der Waals surface area contributed by atoms with Crippen LogP contribution in [0.25, 0.3) is 11.0 Å². The van der Waals surface area contributed by atoms with Gasteiger partial charge in [-0.25, -0.2) is 18.6 Å². The van der Waals surface area contributed by atoms with Crippen molar-refractivity contribution >= 4 is 28.6 Å². The number of nitrogens with one attached hydrogen (secondary N) is 2. The van der Waals surface area contributed by atoms with Crippen molar-refractivity contribution in [3.8, 4) is 0 Å². The van der Waals surface area contributed by atoms with Crippen molar-refractivity contribution in [2.75, 3.05) is 19.0 Å². The van der Waals surface area contributed by atoms with E-state index in [9.17, 15) is 33.5 Å². The average Bonchev–Trinajstić information content (AvgIpc) is 2.79. The lowest BCUT2D eigenvalue weighted by molar-refractivity contribution is -0.142. The number of aliphatic hydroxyl groups is 1. The Morgan fingerprint density at radius 3 is 2.69 bits per heavy atom. The molecule has 3 aromatic rings. The van der Waals surface area contributed by atoms with E-state index in [1.54, 1.807) is 0 Å². The van der Waals surface area contributed by atoms with Crippen molar-refractivity contribution in [1.29, 1.82) is 0 Å². The van der Waals surface area contributed by atoms with Crippen molar-refractivity contribution in [2.24, 2.45) is 0 Å². The lowest BCUT2D eigenvalue weighted by atomic mass is 10.1. The van der Waals surface area contributed by atoms with Crippen LogP contribution in [-0.4, -0.2) is 51.7 Å². The molecule has 1 aromatic carbocycles. The molecule has 0 saturated heterocycles. The number of methoxy groups -OCH3 is 1. The minimum absolute atomic E-state index is 0.0520. The number of hydrogen-bond acceptors (Lipinski definition) is 8. The van der Waals surface area contributed by atoms with Crippen LogP contribution in [0.15, 0.2) is 41.3 Å². The fraction of sp³-hybridized carbons (Fsp3) is 0.200. The standard InChI is InChI=1S/C20H18F2N4O6/c1-32-20(30)14(9-27)25-16-12-3-2-6-23-17(12)26(31)19(29)15(16)18(28)24-8-10-4-5-11(21)7-13(10)22/h2-7,14,25,27,31H,8-9H2,1H3,(H,24,28)/t14-/m0/s1. The molecule has 3 rings (SSSR count). The number of aromatic nitrogens is 2. The number of pyridine rings is 2. The smallest absolute Gasteiger partial charge is 0.330 e. The van der Waals surface area contributed by atoms with Gasteiger partial charge in [0.05, 0.1) is 19.4 Å². The van der Waals surface area contributed by atoms with Gasteiger partial charge < -0.3 is 25.7 Å². The Labute approximate surface area is 179 Å². The molecule has 0 unspecified atom stereocenters. The van der Waals surface area contributed by atoms with E-state index in [0.29, 0.717) is 6.07 Å². The molecule has 0 spiro atoms. The van der Waals surface area contributed by atoms with Gasteiger partial charge in [0.25, 0.3) is 11.5 Å². The first kappa shape index (κ1) is 22.6. The number of halogens is 2. The number of esters is 1. The predicted molar refractivity (Wildman–Crippen MR) is 107 cm³/mol. The number of hydrogen-bond donors (Lipinski definition) is 4. The Kier molecular flexibility index (Phi) is 6.64. The van der Waals surface area contributed by atoms with Gasteiger partial charge in [-0.1, -0.05) is 6.07 Å². The SMILES string of the molecule is COC(=O)[C@H](CO)Nc1c(C(=O)NCc2ccc(F)cc2F)c(=O)n(O)c2ncccc12. The normalized spacial score (nSPS) is 11.8. The Balaban J connectivity index is 2.07. The lowest BCUT2D eigenvalue weighted by Gasteiger charge is -2.20. The van der Waals surface area contributed by atoms with Gasteiger partial charge in [-0.15, -0.1) is 4.73 Å². The molecule has 4 N–H and O–H groups in total. The molecule has 2 heterocycles. The summed E-state index contributed by atoms with van der Waals surface area (Å²) in [6.45, 7) is -1.14. The summed E-state index contributed by atoms with van der Waals surface area (Å²) in [6.07, 6.45) is 1.29. The summed E-state index contributed by atoms with van der Waals surface area (Å²) in [7, 11) is 1.09. The molecule has 32 heavy (non-hydrogen) atoms. The maximum absolute atomic E-state index is 13.9. The van der Waals surface area contributed by atoms with E-state index in [2.05, 4.69) is 20.4 Å². The molecule has 10 nitrogen and oxygen atoms in total. The monoisotopic (exact) mass is 448 g/mol. The number of rotatable bonds is 7. The number of carbonyl (C=O) groups is 2. The average molecular weight is 448 g/mol. The molecule has 0 aliphatic rings. The van der Waals surface area contributed by atoms with Crippen LogP contribution in [0.5, 0.6) is 0 Å². The summed E-state index contributed by atoms with van der Waals surface area (Å²) >= 11 is 0. The number of carbonyl (C=O) groups excluding carboxylic acids is 2. The fourth-order valence-corrected chi connectivity index (χ4v) is 2.99. The molecule has 0 fully saturated rings. The summed E-state index contributed by atoms with van der Waals surface area (Å²) in [5.74, 6) is -3.61. The van der Waals surface area contributed by atoms with E-state index >= 15 is 0 Å². The highest BCUT2D eigenvalue weighted by Gasteiger charge is 2.27. The van der Waals surface area contributed by atoms with Gasteiger partial charge in [-0.2, -0.15) is 0 Å². The van der Waals surface area contributed by atoms with Crippen LogP contribution in [0, 0.1) is 11.6 Å². The Hall–Kier alpha value is -4.06. The van der Waals surface area contributed by atoms with Gasteiger partial charge in [0.2, 0.25) is 0 Å². The van der Waals surface area contributed by atoms with Gasteiger partial charge >= 0.3 is 5.97 Å². The van der Waals surface area contributed by atoms with Crippen molar-refractivity contribution in [3.05, 3.63) is 69.6 Å². The minimum atomic E-state index is -1.35. The summed E-state index contributed by atoms with van der Waals surface area (Å²) in [5, 5.41) is 24.7. The van der Waals surface area contributed by atoms with E-state index in [4.69, 9.17) is 0 Å². The van der Waals surface area contributed by atoms with E-state index in [0.717, 1.165) is 19.2 Å². The second-order valence-corrected chi connectivity index (χ2v) is 6.56. The van der Waals surface area contributed by atoms with Crippen molar-refractivity contribution in [2.45, 2.75) is 12.6 Å². The van der Waals surface area contributed by atoms with Crippen LogP contribution in [0.3, 0.4) is 0 Å². The Morgan fingerprint density at radius 2 is 2.03 bits per heavy atom. The zero-order valence-electron chi connectivity index (χ0n) is 16.6. The molecule has 0 aliphatic heterocycles. The topological polar surface area (TPSA) is 143 Å². The first-order chi connectivity index (χ1) is 15.3. The molecule has 0 bridgehead atoms. The maximum Gasteiger partial charge on any atom is 0.330 e. The molecule has 1 atom stereocenters. The summed E-state index contributed by atoms with van der Waals surface area (Å²) in [5.41, 5.74) is -2.29. The summed E-state index contributed by atoms with van der Waals surface area (Å²) in [6, 6.07) is 4.29.